The molecular formula is C10H7NO4S. The lowest BCUT2D eigenvalue weighted by molar-refractivity contribution is -0.165. The smallest absolute Gasteiger partial charge is 0.330 e. The third-order valence-corrected chi connectivity index (χ3v) is 2.33. The predicted molar refractivity (Wildman–Crippen MR) is 56.0 cm³/mol. The van der Waals surface area contributed by atoms with Gasteiger partial charge in [0, 0.05) is 11.8 Å². The fraction of sp³-hybridized carbons (Fsp3) is 0.100. The van der Waals surface area contributed by atoms with Crippen LogP contribution in [0.3, 0.4) is 0 Å². The molecule has 1 aromatic carbocycles. The first kappa shape index (κ1) is 10.7. The van der Waals surface area contributed by atoms with Crippen molar-refractivity contribution in [2.75, 3.05) is 0 Å². The third kappa shape index (κ3) is 1.57. The zero-order valence-electron chi connectivity index (χ0n) is 8.26. The Kier molecular flexibility index (Phi) is 2.43. The van der Waals surface area contributed by atoms with Crippen LogP contribution >= 0.6 is 12.6 Å². The van der Waals surface area contributed by atoms with Crippen molar-refractivity contribution in [2.45, 2.75) is 11.8 Å². The molecule has 16 heavy (non-hydrogen) atoms. The average molecular weight is 237 g/mol. The second-order valence-electron chi connectivity index (χ2n) is 3.22. The Balaban J connectivity index is 2.44. The lowest BCUT2D eigenvalue weighted by Gasteiger charge is -2.10. The van der Waals surface area contributed by atoms with E-state index in [1.54, 1.807) is 6.07 Å². The summed E-state index contributed by atoms with van der Waals surface area (Å²) in [6.07, 6.45) is 0. The maximum absolute atomic E-state index is 11.7. The number of hydrogen-bond donors (Lipinski definition) is 1. The van der Waals surface area contributed by atoms with Crippen molar-refractivity contribution in [3.8, 4) is 0 Å². The molecule has 1 aliphatic rings. The fourth-order valence-corrected chi connectivity index (χ4v) is 1.62. The monoisotopic (exact) mass is 237 g/mol. The number of thiol groups is 1. The van der Waals surface area contributed by atoms with Gasteiger partial charge in [-0.3, -0.25) is 9.59 Å². The summed E-state index contributed by atoms with van der Waals surface area (Å²) in [7, 11) is 0. The van der Waals surface area contributed by atoms with E-state index in [9.17, 15) is 14.4 Å². The van der Waals surface area contributed by atoms with Crippen LogP contribution in [0.2, 0.25) is 0 Å². The molecule has 0 saturated carbocycles. The van der Waals surface area contributed by atoms with Crippen molar-refractivity contribution >= 4 is 30.4 Å². The summed E-state index contributed by atoms with van der Waals surface area (Å²) >= 11 is 4.06. The maximum Gasteiger partial charge on any atom is 0.330 e. The lowest BCUT2D eigenvalue weighted by Crippen LogP contribution is -2.31. The second kappa shape index (κ2) is 3.64. The quantitative estimate of drug-likeness (QED) is 0.585. The molecule has 6 heteroatoms. The number of nitrogens with zero attached hydrogens (tertiary/aromatic N) is 1. The molecule has 1 heterocycles. The molecule has 0 saturated heterocycles. The molecule has 0 aromatic heterocycles. The van der Waals surface area contributed by atoms with Crippen molar-refractivity contribution in [2.24, 2.45) is 0 Å². The highest BCUT2D eigenvalue weighted by molar-refractivity contribution is 7.80. The molecule has 0 radical (unpaired) electrons. The summed E-state index contributed by atoms with van der Waals surface area (Å²) < 4.78 is 0. The zero-order chi connectivity index (χ0) is 11.9. The number of carbonyl (C=O) groups is 3. The minimum absolute atomic E-state index is 0.193. The molecule has 1 aliphatic heterocycles. The largest absolute Gasteiger partial charge is 0.330 e. The first-order chi connectivity index (χ1) is 7.50. The van der Waals surface area contributed by atoms with Gasteiger partial charge in [-0.1, -0.05) is 5.06 Å². The predicted octanol–water partition coefficient (Wildman–Crippen LogP) is 1.05. The van der Waals surface area contributed by atoms with E-state index in [0.29, 0.717) is 9.96 Å². The minimum atomic E-state index is -0.722. The van der Waals surface area contributed by atoms with Crippen LogP contribution in [0.25, 0.3) is 0 Å². The molecule has 2 amide bonds. The fourth-order valence-electron chi connectivity index (χ4n) is 1.42. The van der Waals surface area contributed by atoms with E-state index in [2.05, 4.69) is 17.5 Å². The molecule has 0 unspecified atom stereocenters. The molecule has 0 fully saturated rings. The normalized spacial score (nSPS) is 14.0. The first-order valence-electron chi connectivity index (χ1n) is 4.41. The molecule has 5 nitrogen and oxygen atoms in total. The lowest BCUT2D eigenvalue weighted by atomic mass is 10.1. The molecular weight excluding hydrogens is 230 g/mol. The van der Waals surface area contributed by atoms with Crippen molar-refractivity contribution in [1.82, 2.24) is 5.06 Å². The number of benzene rings is 1. The number of carbonyl (C=O) groups excluding carboxylic acids is 3. The zero-order valence-corrected chi connectivity index (χ0v) is 9.15. The van der Waals surface area contributed by atoms with Crippen LogP contribution in [0.15, 0.2) is 23.1 Å². The number of fused-ring (bicyclic) bond motifs is 1. The van der Waals surface area contributed by atoms with Gasteiger partial charge >= 0.3 is 5.97 Å². The summed E-state index contributed by atoms with van der Waals surface area (Å²) in [4.78, 5) is 39.2. The summed E-state index contributed by atoms with van der Waals surface area (Å²) in [6.45, 7) is 1.12. The van der Waals surface area contributed by atoms with Crippen LogP contribution in [0.1, 0.15) is 27.6 Å². The van der Waals surface area contributed by atoms with Gasteiger partial charge in [-0.25, -0.2) is 4.79 Å². The van der Waals surface area contributed by atoms with Gasteiger partial charge in [0.05, 0.1) is 11.1 Å². The van der Waals surface area contributed by atoms with Gasteiger partial charge in [0.25, 0.3) is 11.8 Å². The number of amides is 2. The van der Waals surface area contributed by atoms with Crippen molar-refractivity contribution in [3.63, 3.8) is 0 Å². The molecule has 82 valence electrons. The van der Waals surface area contributed by atoms with Crippen LogP contribution in [0.4, 0.5) is 0 Å². The SMILES string of the molecule is CC(=O)ON1C(=O)c2ccc(S)cc2C1=O. The van der Waals surface area contributed by atoms with Gasteiger partial charge in [0.2, 0.25) is 0 Å². The molecule has 0 aliphatic carbocycles. The Bertz CT molecular complexity index is 512. The van der Waals surface area contributed by atoms with E-state index in [1.165, 1.54) is 12.1 Å². The average Bonchev–Trinajstić information content (AvgIpc) is 2.43. The van der Waals surface area contributed by atoms with E-state index < -0.39 is 17.8 Å². The van der Waals surface area contributed by atoms with Crippen LogP contribution in [-0.2, 0) is 9.63 Å². The number of hydroxylamine groups is 2. The Morgan fingerprint density at radius 1 is 1.25 bits per heavy atom. The van der Waals surface area contributed by atoms with Crippen LogP contribution in [-0.4, -0.2) is 22.8 Å². The van der Waals surface area contributed by atoms with E-state index in [0.717, 1.165) is 6.92 Å². The topological polar surface area (TPSA) is 63.7 Å². The molecule has 0 N–H and O–H groups in total. The highest BCUT2D eigenvalue weighted by Gasteiger charge is 2.38. The van der Waals surface area contributed by atoms with Crippen LogP contribution in [0, 0.1) is 0 Å². The number of hydrogen-bond acceptors (Lipinski definition) is 5. The van der Waals surface area contributed by atoms with E-state index in [4.69, 9.17) is 0 Å². The standard InChI is InChI=1S/C10H7NO4S/c1-5(12)15-11-9(13)7-3-2-6(16)4-8(7)10(11)14/h2-4,16H,1H3. The first-order valence-corrected chi connectivity index (χ1v) is 4.86. The van der Waals surface area contributed by atoms with E-state index in [1.807, 2.05) is 0 Å². The molecule has 0 spiro atoms. The van der Waals surface area contributed by atoms with E-state index >= 15 is 0 Å². The summed E-state index contributed by atoms with van der Waals surface area (Å²) in [5.41, 5.74) is 0.405. The van der Waals surface area contributed by atoms with Crippen molar-refractivity contribution in [1.29, 1.82) is 0 Å². The second-order valence-corrected chi connectivity index (χ2v) is 3.73. The summed E-state index contributed by atoms with van der Waals surface area (Å²) in [5, 5.41) is 0.459. The Labute approximate surface area is 96.4 Å². The van der Waals surface area contributed by atoms with Gasteiger partial charge in [0.1, 0.15) is 0 Å². The molecule has 2 rings (SSSR count). The summed E-state index contributed by atoms with van der Waals surface area (Å²) in [5.74, 6) is -2.00. The minimum Gasteiger partial charge on any atom is -0.330 e. The van der Waals surface area contributed by atoms with E-state index in [-0.39, 0.29) is 11.1 Å². The maximum atomic E-state index is 11.7. The highest BCUT2D eigenvalue weighted by atomic mass is 32.1. The molecule has 1 aromatic rings. The Hall–Kier alpha value is -1.82. The van der Waals surface area contributed by atoms with Crippen LogP contribution in [0.5, 0.6) is 0 Å². The van der Waals surface area contributed by atoms with Gasteiger partial charge < -0.3 is 4.84 Å². The third-order valence-electron chi connectivity index (χ3n) is 2.05. The number of rotatable bonds is 1. The van der Waals surface area contributed by atoms with Crippen molar-refractivity contribution < 1.29 is 19.2 Å². The molecule has 0 bridgehead atoms. The van der Waals surface area contributed by atoms with Gasteiger partial charge in [-0.15, -0.1) is 12.6 Å². The van der Waals surface area contributed by atoms with Crippen molar-refractivity contribution in [3.05, 3.63) is 29.3 Å². The Morgan fingerprint density at radius 2 is 1.88 bits per heavy atom. The van der Waals surface area contributed by atoms with Crippen LogP contribution < -0.4 is 0 Å². The number of imide groups is 1. The summed E-state index contributed by atoms with van der Waals surface area (Å²) in [6, 6.07) is 4.52. The van der Waals surface area contributed by atoms with Gasteiger partial charge in [0.15, 0.2) is 0 Å². The van der Waals surface area contributed by atoms with Gasteiger partial charge in [-0.05, 0) is 18.2 Å². The highest BCUT2D eigenvalue weighted by Crippen LogP contribution is 2.25. The van der Waals surface area contributed by atoms with Gasteiger partial charge in [-0.2, -0.15) is 0 Å². The molecule has 0 atom stereocenters. The Morgan fingerprint density at radius 3 is 2.50 bits per heavy atom.